The maximum absolute atomic E-state index is 11.1. The molecule has 46 heavy (non-hydrogen) atoms. The fourth-order valence-electron chi connectivity index (χ4n) is 5.53. The van der Waals surface area contributed by atoms with Crippen molar-refractivity contribution in [1.82, 2.24) is 15.0 Å². The lowest BCUT2D eigenvalue weighted by molar-refractivity contribution is 0.302. The van der Waals surface area contributed by atoms with E-state index in [0.29, 0.717) is 53.3 Å². The van der Waals surface area contributed by atoms with Gasteiger partial charge in [0.1, 0.15) is 23.0 Å². The molecule has 7 nitrogen and oxygen atoms in total. The number of phenolic OH excluding ortho intramolecular Hbond substituents is 2. The van der Waals surface area contributed by atoms with Gasteiger partial charge in [-0.15, -0.1) is 0 Å². The molecule has 0 aliphatic carbocycles. The number of aromatic nitrogens is 3. The van der Waals surface area contributed by atoms with Gasteiger partial charge in [0.15, 0.2) is 17.5 Å². The molecule has 0 atom stereocenters. The topological polar surface area (TPSA) is 97.6 Å². The van der Waals surface area contributed by atoms with Crippen molar-refractivity contribution < 1.29 is 19.7 Å². The summed E-state index contributed by atoms with van der Waals surface area (Å²) >= 11 is 0. The first-order valence-electron chi connectivity index (χ1n) is 17.2. The summed E-state index contributed by atoms with van der Waals surface area (Å²) in [6, 6.07) is 16.5. The highest BCUT2D eigenvalue weighted by molar-refractivity contribution is 5.73. The number of nitrogens with zero attached hydrogens (tertiary/aromatic N) is 3. The standard InChI is InChI=1S/C39H51N3O4/c1-5-7-9-11-13-15-23-45-30-18-21-33(35(43)26-30)38-40-37(32-20-17-28(3)25-29(32)4)41-39(42-38)34-22-19-31(27-36(34)44)46-24-16-14-12-10-8-6-2/h17-22,25-27,43-44H,5-16,23-24H2,1-4H3. The Balaban J connectivity index is 1.56. The third-order valence-corrected chi connectivity index (χ3v) is 8.21. The molecule has 0 radical (unpaired) electrons. The second-order valence-corrected chi connectivity index (χ2v) is 12.2. The van der Waals surface area contributed by atoms with Crippen molar-refractivity contribution in [3.63, 3.8) is 0 Å². The summed E-state index contributed by atoms with van der Waals surface area (Å²) in [7, 11) is 0. The van der Waals surface area contributed by atoms with E-state index in [1.165, 1.54) is 51.4 Å². The first-order chi connectivity index (χ1) is 22.4. The molecule has 0 aliphatic rings. The van der Waals surface area contributed by atoms with Crippen LogP contribution in [0.2, 0.25) is 0 Å². The van der Waals surface area contributed by atoms with E-state index in [1.807, 2.05) is 38.1 Å². The molecular weight excluding hydrogens is 574 g/mol. The van der Waals surface area contributed by atoms with Gasteiger partial charge in [0.05, 0.1) is 24.3 Å². The van der Waals surface area contributed by atoms with Crippen LogP contribution in [0.1, 0.15) is 102 Å². The minimum atomic E-state index is 0.0202. The van der Waals surface area contributed by atoms with Crippen LogP contribution in [0, 0.1) is 13.8 Å². The fourth-order valence-corrected chi connectivity index (χ4v) is 5.53. The molecule has 0 fully saturated rings. The van der Waals surface area contributed by atoms with Gasteiger partial charge in [-0.05, 0) is 56.5 Å². The fraction of sp³-hybridized carbons (Fsp3) is 0.462. The van der Waals surface area contributed by atoms with Crippen LogP contribution in [0.25, 0.3) is 34.2 Å². The summed E-state index contributed by atoms with van der Waals surface area (Å²) in [5.41, 5.74) is 3.93. The second-order valence-electron chi connectivity index (χ2n) is 12.2. The highest BCUT2D eigenvalue weighted by Crippen LogP contribution is 2.36. The number of benzene rings is 3. The summed E-state index contributed by atoms with van der Waals surface area (Å²) in [4.78, 5) is 14.3. The average molecular weight is 626 g/mol. The highest BCUT2D eigenvalue weighted by Gasteiger charge is 2.18. The van der Waals surface area contributed by atoms with Crippen LogP contribution >= 0.6 is 0 Å². The lowest BCUT2D eigenvalue weighted by Crippen LogP contribution is -2.02. The van der Waals surface area contributed by atoms with Gasteiger partial charge in [-0.2, -0.15) is 0 Å². The van der Waals surface area contributed by atoms with E-state index in [4.69, 9.17) is 24.4 Å². The van der Waals surface area contributed by atoms with E-state index in [9.17, 15) is 10.2 Å². The SMILES string of the molecule is CCCCCCCCOc1ccc(-c2nc(-c3ccc(C)cc3C)nc(-c3ccc(OCCCCCCCC)cc3O)n2)c(O)c1. The predicted molar refractivity (Wildman–Crippen MR) is 187 cm³/mol. The zero-order valence-corrected chi connectivity index (χ0v) is 28.1. The Labute approximate surface area is 275 Å². The summed E-state index contributed by atoms with van der Waals surface area (Å²) in [6.07, 6.45) is 14.2. The molecule has 0 saturated carbocycles. The molecule has 7 heteroatoms. The number of unbranched alkanes of at least 4 members (excludes halogenated alkanes) is 10. The molecule has 0 amide bonds. The molecule has 4 rings (SSSR count). The van der Waals surface area contributed by atoms with E-state index in [-0.39, 0.29) is 11.5 Å². The summed E-state index contributed by atoms with van der Waals surface area (Å²) in [5, 5.41) is 22.1. The van der Waals surface area contributed by atoms with Crippen LogP contribution < -0.4 is 9.47 Å². The van der Waals surface area contributed by atoms with Gasteiger partial charge in [-0.1, -0.05) is 102 Å². The van der Waals surface area contributed by atoms with Crippen molar-refractivity contribution in [2.75, 3.05) is 13.2 Å². The van der Waals surface area contributed by atoms with Gasteiger partial charge in [-0.3, -0.25) is 0 Å². The molecule has 1 aromatic heterocycles. The smallest absolute Gasteiger partial charge is 0.167 e. The zero-order valence-electron chi connectivity index (χ0n) is 28.1. The molecule has 2 N–H and O–H groups in total. The maximum atomic E-state index is 11.1. The lowest BCUT2D eigenvalue weighted by atomic mass is 10.0. The van der Waals surface area contributed by atoms with Crippen molar-refractivity contribution >= 4 is 0 Å². The molecule has 0 saturated heterocycles. The van der Waals surface area contributed by atoms with Crippen LogP contribution in [-0.2, 0) is 0 Å². The minimum absolute atomic E-state index is 0.0202. The monoisotopic (exact) mass is 625 g/mol. The number of aryl methyl sites for hydroxylation is 2. The Kier molecular flexibility index (Phi) is 13.7. The molecule has 246 valence electrons. The normalized spacial score (nSPS) is 11.1. The number of rotatable bonds is 19. The van der Waals surface area contributed by atoms with Crippen LogP contribution in [-0.4, -0.2) is 38.4 Å². The maximum Gasteiger partial charge on any atom is 0.167 e. The molecule has 4 aromatic rings. The quantitative estimate of drug-likeness (QED) is 0.100. The zero-order chi connectivity index (χ0) is 32.7. The predicted octanol–water partition coefficient (Wildman–Crippen LogP) is 10.4. The van der Waals surface area contributed by atoms with Crippen molar-refractivity contribution in [3.05, 3.63) is 65.7 Å². The highest BCUT2D eigenvalue weighted by atomic mass is 16.5. The molecule has 0 bridgehead atoms. The summed E-state index contributed by atoms with van der Waals surface area (Å²) in [5.74, 6) is 2.33. The van der Waals surface area contributed by atoms with Gasteiger partial charge in [0.2, 0.25) is 0 Å². The Morgan fingerprint density at radius 1 is 0.500 bits per heavy atom. The molecule has 1 heterocycles. The van der Waals surface area contributed by atoms with Gasteiger partial charge in [0.25, 0.3) is 0 Å². The van der Waals surface area contributed by atoms with Gasteiger partial charge in [-0.25, -0.2) is 15.0 Å². The van der Waals surface area contributed by atoms with Crippen LogP contribution in [0.5, 0.6) is 23.0 Å². The van der Waals surface area contributed by atoms with E-state index in [2.05, 4.69) is 19.9 Å². The molecule has 3 aromatic carbocycles. The molecule has 0 aliphatic heterocycles. The number of hydrogen-bond acceptors (Lipinski definition) is 7. The van der Waals surface area contributed by atoms with Crippen LogP contribution in [0.3, 0.4) is 0 Å². The Bertz CT molecular complexity index is 1450. The minimum Gasteiger partial charge on any atom is -0.507 e. The number of aromatic hydroxyl groups is 2. The van der Waals surface area contributed by atoms with Gasteiger partial charge < -0.3 is 19.7 Å². The Morgan fingerprint density at radius 3 is 1.35 bits per heavy atom. The third kappa shape index (κ3) is 10.2. The van der Waals surface area contributed by atoms with E-state index < -0.39 is 0 Å². The third-order valence-electron chi connectivity index (χ3n) is 8.21. The van der Waals surface area contributed by atoms with E-state index in [0.717, 1.165) is 42.4 Å². The molecule has 0 spiro atoms. The first-order valence-corrected chi connectivity index (χ1v) is 17.2. The summed E-state index contributed by atoms with van der Waals surface area (Å²) < 4.78 is 11.8. The average Bonchev–Trinajstić information content (AvgIpc) is 3.04. The van der Waals surface area contributed by atoms with Crippen molar-refractivity contribution in [1.29, 1.82) is 0 Å². The number of hydrogen-bond donors (Lipinski definition) is 2. The van der Waals surface area contributed by atoms with Gasteiger partial charge >= 0.3 is 0 Å². The van der Waals surface area contributed by atoms with Gasteiger partial charge in [0, 0.05) is 17.7 Å². The first kappa shape index (κ1) is 34.7. The van der Waals surface area contributed by atoms with Crippen molar-refractivity contribution in [2.24, 2.45) is 0 Å². The molecule has 0 unspecified atom stereocenters. The molecular formula is C39H51N3O4. The Morgan fingerprint density at radius 2 is 0.913 bits per heavy atom. The number of phenols is 2. The Hall–Kier alpha value is -4.13. The summed E-state index contributed by atoms with van der Waals surface area (Å²) in [6.45, 7) is 9.72. The lowest BCUT2D eigenvalue weighted by Gasteiger charge is -2.13. The van der Waals surface area contributed by atoms with Crippen molar-refractivity contribution in [3.8, 4) is 57.2 Å². The number of ether oxygens (including phenoxy) is 2. The van der Waals surface area contributed by atoms with Crippen LogP contribution in [0.4, 0.5) is 0 Å². The second kappa shape index (κ2) is 18.1. The van der Waals surface area contributed by atoms with E-state index in [1.54, 1.807) is 24.3 Å². The van der Waals surface area contributed by atoms with Crippen LogP contribution in [0.15, 0.2) is 54.6 Å². The van der Waals surface area contributed by atoms with E-state index >= 15 is 0 Å². The largest absolute Gasteiger partial charge is 0.507 e. The van der Waals surface area contributed by atoms with Crippen molar-refractivity contribution in [2.45, 2.75) is 105 Å².